The number of para-hydroxylation sites is 1. The molecule has 2 aromatic heterocycles. The van der Waals surface area contributed by atoms with E-state index in [9.17, 15) is 5.26 Å². The largest absolute Gasteiger partial charge is 0.228 e. The Morgan fingerprint density at radius 1 is 0.300 bits per heavy atom. The number of aromatic nitrogens is 5. The summed E-state index contributed by atoms with van der Waals surface area (Å²) in [5.41, 5.74) is 13.0. The average molecular weight is 767 g/mol. The first-order valence-corrected chi connectivity index (χ1v) is 19.7. The smallest absolute Gasteiger partial charge is 0.164 e. The lowest BCUT2D eigenvalue weighted by Crippen LogP contribution is -2.02. The maximum atomic E-state index is 9.68. The molecule has 2 heterocycles. The van der Waals surface area contributed by atoms with Crippen LogP contribution in [0.3, 0.4) is 0 Å². The second kappa shape index (κ2) is 15.9. The maximum Gasteiger partial charge on any atom is 0.164 e. The van der Waals surface area contributed by atoms with Crippen molar-refractivity contribution < 1.29 is 0 Å². The molecule has 0 aliphatic rings. The highest BCUT2D eigenvalue weighted by Gasteiger charge is 2.20. The Morgan fingerprint density at radius 3 is 1.38 bits per heavy atom. The van der Waals surface area contributed by atoms with Gasteiger partial charge in [0.15, 0.2) is 23.3 Å². The van der Waals surface area contributed by atoms with Crippen LogP contribution in [0.5, 0.6) is 0 Å². The van der Waals surface area contributed by atoms with Crippen LogP contribution in [0.4, 0.5) is 0 Å². The lowest BCUT2D eigenvalue weighted by molar-refractivity contribution is 1.07. The molecule has 0 N–H and O–H groups in total. The highest BCUT2D eigenvalue weighted by atomic mass is 15.0. The van der Waals surface area contributed by atoms with Crippen molar-refractivity contribution in [3.05, 3.63) is 212 Å². The van der Waals surface area contributed by atoms with Crippen LogP contribution in [0.1, 0.15) is 5.56 Å². The summed E-state index contributed by atoms with van der Waals surface area (Å²) in [5, 5.41) is 10.7. The Morgan fingerprint density at radius 2 is 0.750 bits per heavy atom. The molecule has 10 aromatic rings. The fraction of sp³-hybridized carbons (Fsp3) is 0. The van der Waals surface area contributed by atoms with Crippen molar-refractivity contribution >= 4 is 10.9 Å². The van der Waals surface area contributed by atoms with Crippen LogP contribution in [0.15, 0.2) is 206 Å². The van der Waals surface area contributed by atoms with Gasteiger partial charge in [-0.3, -0.25) is 0 Å². The first-order valence-electron chi connectivity index (χ1n) is 19.7. The molecule has 0 atom stereocenters. The average Bonchev–Trinajstić information content (AvgIpc) is 3.34. The topological polar surface area (TPSA) is 88.2 Å². The summed E-state index contributed by atoms with van der Waals surface area (Å²) in [5.74, 6) is 2.37. The molecule has 0 aliphatic carbocycles. The summed E-state index contributed by atoms with van der Waals surface area (Å²) in [6.07, 6.45) is 0. The van der Waals surface area contributed by atoms with Gasteiger partial charge in [0.25, 0.3) is 0 Å². The molecule has 0 saturated heterocycles. The van der Waals surface area contributed by atoms with E-state index in [0.717, 1.165) is 77.8 Å². The van der Waals surface area contributed by atoms with Gasteiger partial charge < -0.3 is 0 Å². The normalized spacial score (nSPS) is 11.0. The standard InChI is InChI=1S/C54H34N6/c55-35-36-16-15-21-41(34-36)43-23-8-11-26-46(43)53-58-52(40-19-5-2-6-20-40)59-54(60-53)47-27-12-10-25-45(47)44-24-9-7-22-42(44)37-30-32-38(33-31-37)50-48-28-13-14-29-49(48)56-51(57-50)39-17-3-1-4-18-39/h1-34H. The van der Waals surface area contributed by atoms with E-state index in [-0.39, 0.29) is 0 Å². The molecule has 6 nitrogen and oxygen atoms in total. The van der Waals surface area contributed by atoms with Gasteiger partial charge in [-0.15, -0.1) is 0 Å². The number of hydrogen-bond donors (Lipinski definition) is 0. The van der Waals surface area contributed by atoms with Crippen LogP contribution in [-0.4, -0.2) is 24.9 Å². The quantitative estimate of drug-likeness (QED) is 0.153. The molecule has 10 rings (SSSR count). The second-order valence-corrected chi connectivity index (χ2v) is 14.4. The third-order valence-corrected chi connectivity index (χ3v) is 10.6. The van der Waals surface area contributed by atoms with Crippen molar-refractivity contribution in [3.63, 3.8) is 0 Å². The van der Waals surface area contributed by atoms with Gasteiger partial charge >= 0.3 is 0 Å². The van der Waals surface area contributed by atoms with E-state index < -0.39 is 0 Å². The minimum Gasteiger partial charge on any atom is -0.228 e. The number of benzene rings is 8. The van der Waals surface area contributed by atoms with Gasteiger partial charge in [-0.1, -0.05) is 188 Å². The lowest BCUT2D eigenvalue weighted by Gasteiger charge is -2.16. The van der Waals surface area contributed by atoms with Crippen molar-refractivity contribution in [2.24, 2.45) is 0 Å². The minimum atomic E-state index is 0.545. The van der Waals surface area contributed by atoms with Gasteiger partial charge in [0.1, 0.15) is 0 Å². The van der Waals surface area contributed by atoms with Gasteiger partial charge in [-0.25, -0.2) is 24.9 Å². The zero-order valence-corrected chi connectivity index (χ0v) is 32.3. The molecule has 0 unspecified atom stereocenters. The Kier molecular flexibility index (Phi) is 9.51. The first kappa shape index (κ1) is 36.0. The van der Waals surface area contributed by atoms with Crippen LogP contribution < -0.4 is 0 Å². The van der Waals surface area contributed by atoms with Crippen LogP contribution in [0, 0.1) is 11.3 Å². The van der Waals surface area contributed by atoms with Crippen molar-refractivity contribution in [2.45, 2.75) is 0 Å². The molecule has 0 radical (unpaired) electrons. The maximum absolute atomic E-state index is 9.68. The van der Waals surface area contributed by atoms with Crippen molar-refractivity contribution in [2.75, 3.05) is 0 Å². The van der Waals surface area contributed by atoms with Crippen molar-refractivity contribution in [3.8, 4) is 96.3 Å². The van der Waals surface area contributed by atoms with Crippen LogP contribution in [-0.2, 0) is 0 Å². The van der Waals surface area contributed by atoms with Gasteiger partial charge in [0.05, 0.1) is 22.8 Å². The van der Waals surface area contributed by atoms with Crippen LogP contribution in [0.25, 0.3) is 101 Å². The van der Waals surface area contributed by atoms with Crippen LogP contribution >= 0.6 is 0 Å². The number of nitriles is 1. The van der Waals surface area contributed by atoms with E-state index in [4.69, 9.17) is 24.9 Å². The molecule has 0 aliphatic heterocycles. The summed E-state index contributed by atoms with van der Waals surface area (Å²) >= 11 is 0. The molecule has 0 fully saturated rings. The van der Waals surface area contributed by atoms with Crippen LogP contribution in [0.2, 0.25) is 0 Å². The van der Waals surface area contributed by atoms with Gasteiger partial charge in [-0.05, 0) is 51.6 Å². The van der Waals surface area contributed by atoms with Gasteiger partial charge in [0.2, 0.25) is 0 Å². The Labute approximate surface area is 347 Å². The fourth-order valence-electron chi connectivity index (χ4n) is 7.72. The Bertz CT molecular complexity index is 3210. The van der Waals surface area contributed by atoms with Crippen molar-refractivity contribution in [1.82, 2.24) is 24.9 Å². The molecule has 0 amide bonds. The molecule has 0 spiro atoms. The predicted molar refractivity (Wildman–Crippen MR) is 241 cm³/mol. The number of hydrogen-bond acceptors (Lipinski definition) is 6. The first-order chi connectivity index (χ1) is 29.7. The molecular formula is C54H34N6. The molecule has 280 valence electrons. The summed E-state index contributed by atoms with van der Waals surface area (Å²) in [6, 6.07) is 71.6. The summed E-state index contributed by atoms with van der Waals surface area (Å²) in [6.45, 7) is 0. The van der Waals surface area contributed by atoms with Gasteiger partial charge in [-0.2, -0.15) is 5.26 Å². The summed E-state index contributed by atoms with van der Waals surface area (Å²) in [4.78, 5) is 25.4. The van der Waals surface area contributed by atoms with E-state index in [0.29, 0.717) is 28.9 Å². The third kappa shape index (κ3) is 6.97. The highest BCUT2D eigenvalue weighted by Crippen LogP contribution is 2.40. The van der Waals surface area contributed by atoms with E-state index in [1.807, 2.05) is 133 Å². The molecule has 8 aromatic carbocycles. The highest BCUT2D eigenvalue weighted by molar-refractivity contribution is 5.95. The van der Waals surface area contributed by atoms with Gasteiger partial charge in [0, 0.05) is 33.2 Å². The van der Waals surface area contributed by atoms with E-state index in [1.54, 1.807) is 0 Å². The number of nitrogens with zero attached hydrogens (tertiary/aromatic N) is 6. The van der Waals surface area contributed by atoms with E-state index >= 15 is 0 Å². The Hall–Kier alpha value is -8.40. The summed E-state index contributed by atoms with van der Waals surface area (Å²) in [7, 11) is 0. The predicted octanol–water partition coefficient (Wildman–Crippen LogP) is 13.0. The lowest BCUT2D eigenvalue weighted by atomic mass is 9.91. The number of rotatable bonds is 8. The second-order valence-electron chi connectivity index (χ2n) is 14.4. The zero-order valence-electron chi connectivity index (χ0n) is 32.3. The van der Waals surface area contributed by atoms with E-state index in [1.165, 1.54) is 0 Å². The minimum absolute atomic E-state index is 0.545. The number of fused-ring (bicyclic) bond motifs is 1. The Balaban J connectivity index is 1.09. The molecule has 0 saturated carbocycles. The molecule has 60 heavy (non-hydrogen) atoms. The molecule has 6 heteroatoms. The third-order valence-electron chi connectivity index (χ3n) is 10.6. The zero-order chi connectivity index (χ0) is 40.3. The van der Waals surface area contributed by atoms with E-state index in [2.05, 4.69) is 78.9 Å². The molecule has 0 bridgehead atoms. The molecular weight excluding hydrogens is 733 g/mol. The monoisotopic (exact) mass is 766 g/mol. The SMILES string of the molecule is N#Cc1cccc(-c2ccccc2-c2nc(-c3ccccc3)nc(-c3ccccc3-c3ccccc3-c3ccc(-c4nc(-c5ccccc5)nc5ccccc45)cc3)n2)c1. The fourth-order valence-corrected chi connectivity index (χ4v) is 7.72. The van der Waals surface area contributed by atoms with Crippen molar-refractivity contribution in [1.29, 1.82) is 5.26 Å². The summed E-state index contributed by atoms with van der Waals surface area (Å²) < 4.78 is 0.